The minimum atomic E-state index is 0.0456. The molecule has 1 heterocycles. The Bertz CT molecular complexity index is 757. The molecule has 3 rings (SSSR count). The number of benzene rings is 2. The van der Waals surface area contributed by atoms with E-state index in [2.05, 4.69) is 11.4 Å². The van der Waals surface area contributed by atoms with E-state index in [1.807, 2.05) is 37.3 Å². The van der Waals surface area contributed by atoms with Gasteiger partial charge in [0.15, 0.2) is 11.5 Å². The number of ether oxygens (including phenoxy) is 3. The number of rotatable bonds is 7. The average molecular weight is 341 g/mol. The maximum atomic E-state index is 12.1. The topological polar surface area (TPSA) is 56.8 Å². The third kappa shape index (κ3) is 4.44. The van der Waals surface area contributed by atoms with Gasteiger partial charge in [0.1, 0.15) is 5.75 Å². The first-order valence-electron chi connectivity index (χ1n) is 8.44. The number of nitrogens with one attached hydrogen (secondary N) is 1. The Hall–Kier alpha value is -2.69. The molecule has 0 fully saturated rings. The Morgan fingerprint density at radius 2 is 1.96 bits per heavy atom. The second-order valence-corrected chi connectivity index (χ2v) is 6.10. The zero-order chi connectivity index (χ0) is 17.6. The molecule has 132 valence electrons. The van der Waals surface area contributed by atoms with Gasteiger partial charge in [-0.2, -0.15) is 0 Å². The quantitative estimate of drug-likeness (QED) is 0.841. The normalized spacial score (nSPS) is 12.1. The van der Waals surface area contributed by atoms with Gasteiger partial charge in [0.05, 0.1) is 7.11 Å². The van der Waals surface area contributed by atoms with Crippen LogP contribution in [0.25, 0.3) is 0 Å². The highest BCUT2D eigenvalue weighted by Gasteiger charge is 2.13. The predicted octanol–water partition coefficient (Wildman–Crippen LogP) is 3.02. The van der Waals surface area contributed by atoms with Gasteiger partial charge in [0.2, 0.25) is 12.7 Å². The van der Waals surface area contributed by atoms with Crippen molar-refractivity contribution in [3.63, 3.8) is 0 Å². The Kier molecular flexibility index (Phi) is 5.43. The van der Waals surface area contributed by atoms with Crippen molar-refractivity contribution in [2.24, 2.45) is 0 Å². The van der Waals surface area contributed by atoms with Crippen LogP contribution in [-0.4, -0.2) is 26.4 Å². The van der Waals surface area contributed by atoms with Gasteiger partial charge in [0, 0.05) is 13.0 Å². The molecule has 5 heteroatoms. The molecule has 0 radical (unpaired) electrons. The summed E-state index contributed by atoms with van der Waals surface area (Å²) in [6.07, 6.45) is 1.88. The fourth-order valence-corrected chi connectivity index (χ4v) is 2.88. The van der Waals surface area contributed by atoms with Crippen molar-refractivity contribution in [3.8, 4) is 17.2 Å². The molecule has 5 nitrogen and oxygen atoms in total. The third-order valence-electron chi connectivity index (χ3n) is 4.23. The monoisotopic (exact) mass is 341 g/mol. The second-order valence-electron chi connectivity index (χ2n) is 6.10. The lowest BCUT2D eigenvalue weighted by molar-refractivity contribution is -0.121. The van der Waals surface area contributed by atoms with E-state index in [0.717, 1.165) is 34.8 Å². The summed E-state index contributed by atoms with van der Waals surface area (Å²) in [7, 11) is 1.66. The van der Waals surface area contributed by atoms with Crippen LogP contribution in [0.4, 0.5) is 0 Å². The summed E-state index contributed by atoms with van der Waals surface area (Å²) >= 11 is 0. The summed E-state index contributed by atoms with van der Waals surface area (Å²) in [5.41, 5.74) is 3.36. The number of carbonyl (C=O) groups is 1. The smallest absolute Gasteiger partial charge is 0.231 e. The van der Waals surface area contributed by atoms with E-state index < -0.39 is 0 Å². The van der Waals surface area contributed by atoms with E-state index in [9.17, 15) is 4.79 Å². The molecule has 1 aliphatic rings. The molecular weight excluding hydrogens is 318 g/mol. The van der Waals surface area contributed by atoms with Crippen LogP contribution in [0.5, 0.6) is 17.2 Å². The lowest BCUT2D eigenvalue weighted by Crippen LogP contribution is -2.26. The Labute approximate surface area is 147 Å². The zero-order valence-corrected chi connectivity index (χ0v) is 14.6. The van der Waals surface area contributed by atoms with Gasteiger partial charge >= 0.3 is 0 Å². The lowest BCUT2D eigenvalue weighted by atomic mass is 10.1. The summed E-state index contributed by atoms with van der Waals surface area (Å²) in [5, 5.41) is 2.97. The third-order valence-corrected chi connectivity index (χ3v) is 4.23. The summed E-state index contributed by atoms with van der Waals surface area (Å²) < 4.78 is 16.0. The van der Waals surface area contributed by atoms with Gasteiger partial charge in [0.25, 0.3) is 0 Å². The van der Waals surface area contributed by atoms with Crippen LogP contribution in [0, 0.1) is 6.92 Å². The van der Waals surface area contributed by atoms with E-state index in [0.29, 0.717) is 19.4 Å². The molecule has 0 spiro atoms. The minimum absolute atomic E-state index is 0.0456. The van der Waals surface area contributed by atoms with E-state index >= 15 is 0 Å². The number of aryl methyl sites for hydroxylation is 2. The Balaban J connectivity index is 1.45. The zero-order valence-electron chi connectivity index (χ0n) is 14.6. The van der Waals surface area contributed by atoms with Crippen LogP contribution in [-0.2, 0) is 17.6 Å². The van der Waals surface area contributed by atoms with Gasteiger partial charge in [-0.25, -0.2) is 0 Å². The van der Waals surface area contributed by atoms with Crippen LogP contribution < -0.4 is 19.5 Å². The van der Waals surface area contributed by atoms with Crippen LogP contribution in [0.3, 0.4) is 0 Å². The molecule has 1 N–H and O–H groups in total. The largest absolute Gasteiger partial charge is 0.496 e. The first kappa shape index (κ1) is 17.1. The van der Waals surface area contributed by atoms with Crippen molar-refractivity contribution in [2.75, 3.05) is 20.4 Å². The van der Waals surface area contributed by atoms with Crippen molar-refractivity contribution in [1.29, 1.82) is 0 Å². The molecule has 0 aromatic heterocycles. The van der Waals surface area contributed by atoms with E-state index in [1.165, 1.54) is 5.56 Å². The first-order valence-corrected chi connectivity index (χ1v) is 8.44. The average Bonchev–Trinajstić information content (AvgIpc) is 3.08. The van der Waals surface area contributed by atoms with Crippen LogP contribution in [0.15, 0.2) is 36.4 Å². The summed E-state index contributed by atoms with van der Waals surface area (Å²) in [6, 6.07) is 11.9. The van der Waals surface area contributed by atoms with E-state index in [1.54, 1.807) is 7.11 Å². The molecule has 0 unspecified atom stereocenters. The van der Waals surface area contributed by atoms with Gasteiger partial charge in [-0.05, 0) is 49.1 Å². The minimum Gasteiger partial charge on any atom is -0.496 e. The van der Waals surface area contributed by atoms with Gasteiger partial charge in [-0.1, -0.05) is 23.8 Å². The number of hydrogen-bond donors (Lipinski definition) is 1. The maximum absolute atomic E-state index is 12.1. The SMILES string of the molecule is COc1ccc(C)cc1CCNC(=O)CCc1ccc2c(c1)OCO2. The van der Waals surface area contributed by atoms with Crippen molar-refractivity contribution in [2.45, 2.75) is 26.2 Å². The maximum Gasteiger partial charge on any atom is 0.231 e. The summed E-state index contributed by atoms with van der Waals surface area (Å²) in [4.78, 5) is 12.1. The fourth-order valence-electron chi connectivity index (χ4n) is 2.88. The van der Waals surface area contributed by atoms with Gasteiger partial charge < -0.3 is 19.5 Å². The van der Waals surface area contributed by atoms with Crippen LogP contribution in [0.1, 0.15) is 23.1 Å². The number of carbonyl (C=O) groups excluding carboxylic acids is 1. The summed E-state index contributed by atoms with van der Waals surface area (Å²) in [5.74, 6) is 2.43. The molecule has 0 atom stereocenters. The molecule has 2 aromatic carbocycles. The van der Waals surface area contributed by atoms with Crippen molar-refractivity contribution < 1.29 is 19.0 Å². The Morgan fingerprint density at radius 3 is 2.80 bits per heavy atom. The second kappa shape index (κ2) is 7.92. The van der Waals surface area contributed by atoms with Crippen molar-refractivity contribution in [3.05, 3.63) is 53.1 Å². The molecule has 0 bridgehead atoms. The molecule has 0 saturated heterocycles. The highest BCUT2D eigenvalue weighted by atomic mass is 16.7. The van der Waals surface area contributed by atoms with Gasteiger partial charge in [-0.3, -0.25) is 4.79 Å². The highest BCUT2D eigenvalue weighted by molar-refractivity contribution is 5.76. The fraction of sp³-hybridized carbons (Fsp3) is 0.350. The van der Waals surface area contributed by atoms with Crippen LogP contribution in [0.2, 0.25) is 0 Å². The number of fused-ring (bicyclic) bond motifs is 1. The first-order chi connectivity index (χ1) is 12.2. The molecule has 0 aliphatic carbocycles. The highest BCUT2D eigenvalue weighted by Crippen LogP contribution is 2.32. The molecule has 1 aliphatic heterocycles. The molecule has 0 saturated carbocycles. The summed E-state index contributed by atoms with van der Waals surface area (Å²) in [6.45, 7) is 2.91. The number of hydrogen-bond acceptors (Lipinski definition) is 4. The molecular formula is C20H23NO4. The van der Waals surface area contributed by atoms with Crippen molar-refractivity contribution in [1.82, 2.24) is 5.32 Å². The van der Waals surface area contributed by atoms with E-state index in [4.69, 9.17) is 14.2 Å². The molecule has 1 amide bonds. The predicted molar refractivity (Wildman–Crippen MR) is 95.3 cm³/mol. The molecule has 25 heavy (non-hydrogen) atoms. The molecule has 2 aromatic rings. The lowest BCUT2D eigenvalue weighted by Gasteiger charge is -2.10. The van der Waals surface area contributed by atoms with Crippen molar-refractivity contribution >= 4 is 5.91 Å². The van der Waals surface area contributed by atoms with Crippen LogP contribution >= 0.6 is 0 Å². The van der Waals surface area contributed by atoms with E-state index in [-0.39, 0.29) is 12.7 Å². The number of amides is 1. The van der Waals surface area contributed by atoms with Gasteiger partial charge in [-0.15, -0.1) is 0 Å². The Morgan fingerprint density at radius 1 is 1.12 bits per heavy atom. The number of methoxy groups -OCH3 is 1. The standard InChI is InChI=1S/C20H23NO4/c1-14-3-6-17(23-2)16(11-14)9-10-21-20(22)8-5-15-4-7-18-19(12-15)25-13-24-18/h3-4,6-7,11-12H,5,8-10,13H2,1-2H3,(H,21,22).